The number of aryl methyl sites for hydroxylation is 1. The number of alkyl halides is 2. The number of nitrogens with one attached hydrogen (secondary N) is 2. The Labute approximate surface area is 116 Å². The number of rotatable bonds is 6. The van der Waals surface area contributed by atoms with Gasteiger partial charge in [0.05, 0.1) is 0 Å². The van der Waals surface area contributed by atoms with Gasteiger partial charge in [-0.05, 0) is 24.8 Å². The first-order chi connectivity index (χ1) is 9.97. The van der Waals surface area contributed by atoms with Crippen molar-refractivity contribution in [3.8, 4) is 0 Å². The van der Waals surface area contributed by atoms with E-state index < -0.39 is 23.3 Å². The molecule has 0 unspecified atom stereocenters. The maximum atomic E-state index is 12.0. The molecule has 6 nitrogen and oxygen atoms in total. The Morgan fingerprint density at radius 3 is 2.57 bits per heavy atom. The molecule has 0 aliphatic heterocycles. The molecule has 2 aromatic rings. The number of fused-ring (bicyclic) bond motifs is 1. The Kier molecular flexibility index (Phi) is 4.66. The topological polar surface area (TPSA) is 95.9 Å². The van der Waals surface area contributed by atoms with Gasteiger partial charge in [0.1, 0.15) is 5.39 Å². The van der Waals surface area contributed by atoms with Gasteiger partial charge in [0.25, 0.3) is 5.56 Å². The number of hydrogen-bond acceptors (Lipinski definition) is 4. The van der Waals surface area contributed by atoms with Gasteiger partial charge in [0.15, 0.2) is 0 Å². The van der Waals surface area contributed by atoms with Crippen LogP contribution in [-0.4, -0.2) is 16.4 Å². The molecular formula is C13H14F2N2O4. The lowest BCUT2D eigenvalue weighted by Gasteiger charge is -2.04. The first kappa shape index (κ1) is 15.1. The van der Waals surface area contributed by atoms with Crippen molar-refractivity contribution in [3.63, 3.8) is 0 Å². The molecule has 2 N–H and O–H groups in total. The minimum absolute atomic E-state index is 0.114. The first-order valence-electron chi connectivity index (χ1n) is 6.55. The van der Waals surface area contributed by atoms with Crippen LogP contribution in [-0.2, 0) is 6.42 Å². The highest BCUT2D eigenvalue weighted by atomic mass is 19.3. The lowest BCUT2D eigenvalue weighted by atomic mass is 10.0. The van der Waals surface area contributed by atoms with Crippen LogP contribution in [0.4, 0.5) is 8.78 Å². The number of halogens is 2. The molecule has 0 aromatic carbocycles. The van der Waals surface area contributed by atoms with E-state index in [-0.39, 0.29) is 17.5 Å². The number of aromatic amines is 2. The molecule has 0 aliphatic rings. The van der Waals surface area contributed by atoms with Crippen LogP contribution in [0.1, 0.15) is 31.2 Å². The van der Waals surface area contributed by atoms with E-state index in [2.05, 4.69) is 9.97 Å². The van der Waals surface area contributed by atoms with E-state index in [1.165, 1.54) is 6.07 Å². The van der Waals surface area contributed by atoms with Crippen molar-refractivity contribution in [2.45, 2.75) is 38.5 Å². The summed E-state index contributed by atoms with van der Waals surface area (Å²) in [6.45, 7) is 0. The van der Waals surface area contributed by atoms with Crippen molar-refractivity contribution in [2.24, 2.45) is 0 Å². The Morgan fingerprint density at radius 1 is 1.10 bits per heavy atom. The van der Waals surface area contributed by atoms with Crippen molar-refractivity contribution >= 4 is 11.1 Å². The van der Waals surface area contributed by atoms with E-state index in [1.54, 1.807) is 0 Å². The molecule has 0 amide bonds. The van der Waals surface area contributed by atoms with E-state index >= 15 is 0 Å². The van der Waals surface area contributed by atoms with Gasteiger partial charge in [-0.15, -0.1) is 0 Å². The number of aromatic nitrogens is 2. The van der Waals surface area contributed by atoms with Crippen molar-refractivity contribution in [1.82, 2.24) is 9.97 Å². The second kappa shape index (κ2) is 6.47. The third-order valence-electron chi connectivity index (χ3n) is 3.09. The van der Waals surface area contributed by atoms with Gasteiger partial charge in [-0.1, -0.05) is 6.42 Å². The molecule has 0 spiro atoms. The Morgan fingerprint density at radius 2 is 1.86 bits per heavy atom. The average Bonchev–Trinajstić information content (AvgIpc) is 2.36. The van der Waals surface area contributed by atoms with Gasteiger partial charge in [0, 0.05) is 12.5 Å². The van der Waals surface area contributed by atoms with Gasteiger partial charge >= 0.3 is 11.3 Å². The summed E-state index contributed by atoms with van der Waals surface area (Å²) in [5.74, 6) is 0. The van der Waals surface area contributed by atoms with Crippen LogP contribution in [0.25, 0.3) is 11.1 Å². The summed E-state index contributed by atoms with van der Waals surface area (Å²) in [5, 5.41) is 0.114. The molecule has 0 saturated carbocycles. The second-order valence-electron chi connectivity index (χ2n) is 4.69. The fourth-order valence-electron chi connectivity index (χ4n) is 2.17. The summed E-state index contributed by atoms with van der Waals surface area (Å²) in [6, 6.07) is 1.18. The highest BCUT2D eigenvalue weighted by molar-refractivity contribution is 5.75. The van der Waals surface area contributed by atoms with Gasteiger partial charge < -0.3 is 4.42 Å². The number of hydrogen-bond donors (Lipinski definition) is 2. The highest BCUT2D eigenvalue weighted by Gasteiger charge is 2.11. The molecule has 114 valence electrons. The van der Waals surface area contributed by atoms with Crippen molar-refractivity contribution in [3.05, 3.63) is 42.9 Å². The predicted molar refractivity (Wildman–Crippen MR) is 71.9 cm³/mol. The highest BCUT2D eigenvalue weighted by Crippen LogP contribution is 2.14. The molecule has 0 radical (unpaired) electrons. The lowest BCUT2D eigenvalue weighted by Crippen LogP contribution is -2.24. The molecular weight excluding hydrogens is 286 g/mol. The second-order valence-corrected chi connectivity index (χ2v) is 4.69. The van der Waals surface area contributed by atoms with E-state index in [4.69, 9.17) is 4.42 Å². The Hall–Kier alpha value is -2.25. The van der Waals surface area contributed by atoms with Crippen LogP contribution in [0.2, 0.25) is 0 Å². The lowest BCUT2D eigenvalue weighted by molar-refractivity contribution is 0.134. The maximum Gasteiger partial charge on any atom is 0.337 e. The molecule has 2 aromatic heterocycles. The van der Waals surface area contributed by atoms with Gasteiger partial charge in [0.2, 0.25) is 12.1 Å². The van der Waals surface area contributed by atoms with Crippen LogP contribution in [0.15, 0.2) is 24.9 Å². The van der Waals surface area contributed by atoms with Crippen LogP contribution >= 0.6 is 0 Å². The van der Waals surface area contributed by atoms with Crippen LogP contribution in [0.3, 0.4) is 0 Å². The summed E-state index contributed by atoms with van der Waals surface area (Å²) < 4.78 is 28.8. The molecule has 0 fully saturated rings. The molecule has 0 atom stereocenters. The normalized spacial score (nSPS) is 11.4. The number of H-pyrrole nitrogens is 2. The third-order valence-corrected chi connectivity index (χ3v) is 3.09. The summed E-state index contributed by atoms with van der Waals surface area (Å²) in [5.41, 5.74) is -1.80. The predicted octanol–water partition coefficient (Wildman–Crippen LogP) is 1.54. The summed E-state index contributed by atoms with van der Waals surface area (Å²) in [7, 11) is 0. The van der Waals surface area contributed by atoms with Crippen molar-refractivity contribution in [2.75, 3.05) is 0 Å². The molecule has 0 aliphatic carbocycles. The SMILES string of the molecule is O=c1[nH]c(=O)c2c(CCCCCC(F)F)cc(=O)oc2[nH]1. The van der Waals surface area contributed by atoms with Gasteiger partial charge in [-0.2, -0.15) is 0 Å². The number of unbranched alkanes of at least 4 members (excludes halogenated alkanes) is 2. The molecule has 2 rings (SSSR count). The van der Waals surface area contributed by atoms with Gasteiger partial charge in [-0.25, -0.2) is 18.4 Å². The van der Waals surface area contributed by atoms with Crippen LogP contribution in [0, 0.1) is 0 Å². The first-order valence-corrected chi connectivity index (χ1v) is 6.55. The van der Waals surface area contributed by atoms with Crippen molar-refractivity contribution < 1.29 is 13.2 Å². The molecule has 8 heteroatoms. The zero-order valence-electron chi connectivity index (χ0n) is 11.1. The zero-order chi connectivity index (χ0) is 15.4. The minimum atomic E-state index is -2.32. The fourth-order valence-corrected chi connectivity index (χ4v) is 2.17. The van der Waals surface area contributed by atoms with Crippen LogP contribution < -0.4 is 16.9 Å². The third kappa shape index (κ3) is 3.87. The molecule has 2 heterocycles. The molecule has 0 bridgehead atoms. The molecule has 0 saturated heterocycles. The maximum absolute atomic E-state index is 12.0. The Bertz CT molecular complexity index is 786. The molecule has 21 heavy (non-hydrogen) atoms. The van der Waals surface area contributed by atoms with Crippen molar-refractivity contribution in [1.29, 1.82) is 0 Å². The quantitative estimate of drug-likeness (QED) is 0.791. The Balaban J connectivity index is 2.21. The zero-order valence-corrected chi connectivity index (χ0v) is 11.1. The van der Waals surface area contributed by atoms with Crippen LogP contribution in [0.5, 0.6) is 0 Å². The smallest absolute Gasteiger partial charge is 0.337 e. The average molecular weight is 300 g/mol. The largest absolute Gasteiger partial charge is 0.405 e. The minimum Gasteiger partial charge on any atom is -0.405 e. The summed E-state index contributed by atoms with van der Waals surface area (Å²) in [4.78, 5) is 38.6. The fraction of sp³-hybridized carbons (Fsp3) is 0.462. The van der Waals surface area contributed by atoms with E-state index in [0.29, 0.717) is 31.2 Å². The summed E-state index contributed by atoms with van der Waals surface area (Å²) >= 11 is 0. The van der Waals surface area contributed by atoms with E-state index in [0.717, 1.165) is 0 Å². The van der Waals surface area contributed by atoms with Gasteiger partial charge in [-0.3, -0.25) is 14.8 Å². The monoisotopic (exact) mass is 300 g/mol. The van der Waals surface area contributed by atoms with E-state index in [9.17, 15) is 23.2 Å². The van der Waals surface area contributed by atoms with E-state index in [1.807, 2.05) is 0 Å². The standard InChI is InChI=1S/C13H14F2N2O4/c14-8(15)5-3-1-2-4-7-6-9(18)21-12-10(7)11(19)16-13(20)17-12/h6,8H,1-5H2,(H2,16,17,19,20). The summed E-state index contributed by atoms with van der Waals surface area (Å²) in [6.07, 6.45) is -0.601.